The molecule has 0 amide bonds. The first-order valence-electron chi connectivity index (χ1n) is 10.6. The predicted octanol–water partition coefficient (Wildman–Crippen LogP) is 3.67. The molecule has 15 nitrogen and oxygen atoms in total. The standard InChI is InChI=1S/C19H30N5O10P.CH4/c1-12(2)33-18(25)28-9-31-35(27,32-10-29-19(26)34-13(3)4)11-30-14(5)6-24-8-23-15-16(20)21-7-22-17(15)24;/h7-8,12-14H,6,9-11H2,1-5H3,(H2,20,21,22);1H4/t14-;/m1./s1. The van der Waals surface area contributed by atoms with Crippen molar-refractivity contribution >= 4 is 36.9 Å². The summed E-state index contributed by atoms with van der Waals surface area (Å²) in [6.07, 6.45) is -1.14. The molecule has 0 saturated carbocycles. The average Bonchev–Trinajstić information content (AvgIpc) is 3.15. The molecule has 0 saturated heterocycles. The number of imidazole rings is 1. The summed E-state index contributed by atoms with van der Waals surface area (Å²) in [4.78, 5) is 35.2. The molecular weight excluding hydrogens is 501 g/mol. The molecule has 0 bridgehead atoms. The maximum Gasteiger partial charge on any atom is 0.510 e. The summed E-state index contributed by atoms with van der Waals surface area (Å²) in [5.41, 5.74) is 6.72. The summed E-state index contributed by atoms with van der Waals surface area (Å²) in [6, 6.07) is 0. The third kappa shape index (κ3) is 10.3. The van der Waals surface area contributed by atoms with Crippen LogP contribution in [0.5, 0.6) is 0 Å². The van der Waals surface area contributed by atoms with Gasteiger partial charge in [0.05, 0.1) is 31.2 Å². The Hall–Kier alpha value is -3.00. The molecule has 1 atom stereocenters. The number of fused-ring (bicyclic) bond motifs is 1. The summed E-state index contributed by atoms with van der Waals surface area (Å²) in [5, 5.41) is 0. The van der Waals surface area contributed by atoms with E-state index in [-0.39, 0.29) is 19.8 Å². The summed E-state index contributed by atoms with van der Waals surface area (Å²) in [6.45, 7) is 6.98. The minimum Gasteiger partial charge on any atom is -0.432 e. The molecule has 2 aromatic rings. The molecule has 0 aliphatic carbocycles. The van der Waals surface area contributed by atoms with Gasteiger partial charge >= 0.3 is 19.9 Å². The SMILES string of the molecule is C.CC(C)OC(=O)OCOP(=O)(CO[C@H](C)Cn1cnc2c(N)ncnc21)OCOC(=O)OC(C)C. The number of nitrogens with zero attached hydrogens (tertiary/aromatic N) is 4. The van der Waals surface area contributed by atoms with Crippen LogP contribution in [0, 0.1) is 0 Å². The largest absolute Gasteiger partial charge is 0.510 e. The number of aromatic nitrogens is 4. The van der Waals surface area contributed by atoms with Crippen LogP contribution in [0.3, 0.4) is 0 Å². The Bertz CT molecular complexity index is 999. The highest BCUT2D eigenvalue weighted by Crippen LogP contribution is 2.48. The number of carbonyl (C=O) groups is 2. The van der Waals surface area contributed by atoms with E-state index >= 15 is 0 Å². The fraction of sp³-hybridized carbons (Fsp3) is 0.650. The quantitative estimate of drug-likeness (QED) is 0.222. The van der Waals surface area contributed by atoms with Crippen LogP contribution in [0.2, 0.25) is 0 Å². The molecular formula is C20H34N5O10P. The van der Waals surface area contributed by atoms with E-state index in [1.165, 1.54) is 12.7 Å². The third-order valence-electron chi connectivity index (χ3n) is 3.92. The van der Waals surface area contributed by atoms with E-state index in [2.05, 4.69) is 15.0 Å². The van der Waals surface area contributed by atoms with Crippen LogP contribution in [0.4, 0.5) is 15.4 Å². The number of ether oxygens (including phenoxy) is 5. The van der Waals surface area contributed by atoms with Gasteiger partial charge in [0.15, 0.2) is 11.5 Å². The van der Waals surface area contributed by atoms with Gasteiger partial charge in [0.1, 0.15) is 18.2 Å². The number of nitrogen functional groups attached to an aromatic ring is 1. The number of rotatable bonds is 13. The van der Waals surface area contributed by atoms with E-state index in [0.29, 0.717) is 11.2 Å². The van der Waals surface area contributed by atoms with Gasteiger partial charge in [-0.2, -0.15) is 0 Å². The molecule has 2 rings (SSSR count). The molecule has 0 aromatic carbocycles. The van der Waals surface area contributed by atoms with Crippen molar-refractivity contribution in [2.75, 3.05) is 25.7 Å². The topological polar surface area (TPSA) is 185 Å². The van der Waals surface area contributed by atoms with Crippen LogP contribution < -0.4 is 5.73 Å². The van der Waals surface area contributed by atoms with Gasteiger partial charge in [-0.3, -0.25) is 13.6 Å². The van der Waals surface area contributed by atoms with Gasteiger partial charge in [-0.1, -0.05) is 7.43 Å². The van der Waals surface area contributed by atoms with Gasteiger partial charge in [0.2, 0.25) is 13.6 Å². The third-order valence-corrected chi connectivity index (χ3v) is 5.38. The van der Waals surface area contributed by atoms with Gasteiger partial charge in [-0.25, -0.2) is 24.5 Å². The first-order valence-corrected chi connectivity index (χ1v) is 12.3. The fourth-order valence-electron chi connectivity index (χ4n) is 2.45. The van der Waals surface area contributed by atoms with E-state index in [9.17, 15) is 14.2 Å². The van der Waals surface area contributed by atoms with Crippen molar-refractivity contribution in [2.24, 2.45) is 0 Å². The highest BCUT2D eigenvalue weighted by Gasteiger charge is 2.29. The minimum atomic E-state index is -4.06. The lowest BCUT2D eigenvalue weighted by Gasteiger charge is -2.21. The Kier molecular flexibility index (Phi) is 12.5. The number of hydrogen-bond donors (Lipinski definition) is 1. The van der Waals surface area contributed by atoms with Gasteiger partial charge in [0, 0.05) is 0 Å². The fourth-order valence-corrected chi connectivity index (χ4v) is 3.54. The van der Waals surface area contributed by atoms with E-state index < -0.39 is 58.2 Å². The molecule has 0 aliphatic heterocycles. The van der Waals surface area contributed by atoms with Crippen LogP contribution in [-0.4, -0.2) is 70.1 Å². The number of anilines is 1. The second kappa shape index (κ2) is 14.5. The molecule has 16 heteroatoms. The normalized spacial score (nSPS) is 12.3. The number of hydrogen-bond acceptors (Lipinski definition) is 14. The van der Waals surface area contributed by atoms with Crippen molar-refractivity contribution in [2.45, 2.75) is 66.9 Å². The summed E-state index contributed by atoms with van der Waals surface area (Å²) >= 11 is 0. The van der Waals surface area contributed by atoms with E-state index in [1.807, 2.05) is 0 Å². The Morgan fingerprint density at radius 3 is 2.06 bits per heavy atom. The molecule has 0 spiro atoms. The second-order valence-corrected chi connectivity index (χ2v) is 9.66. The maximum absolute atomic E-state index is 13.1. The lowest BCUT2D eigenvalue weighted by atomic mass is 10.4. The molecule has 0 radical (unpaired) electrons. The highest BCUT2D eigenvalue weighted by molar-refractivity contribution is 7.53. The van der Waals surface area contributed by atoms with Crippen molar-refractivity contribution < 1.29 is 46.9 Å². The van der Waals surface area contributed by atoms with E-state index in [0.717, 1.165) is 0 Å². The predicted molar refractivity (Wildman–Crippen MR) is 127 cm³/mol. The first kappa shape index (κ1) is 31.0. The van der Waals surface area contributed by atoms with Crippen molar-refractivity contribution in [3.05, 3.63) is 12.7 Å². The number of nitrogens with two attached hydrogens (primary N) is 1. The van der Waals surface area contributed by atoms with Gasteiger partial charge in [-0.05, 0) is 34.6 Å². The highest BCUT2D eigenvalue weighted by atomic mass is 31.2. The van der Waals surface area contributed by atoms with Gasteiger partial charge in [0.25, 0.3) is 0 Å². The molecule has 204 valence electrons. The summed E-state index contributed by atoms with van der Waals surface area (Å²) < 4.78 is 49.7. The molecule has 2 heterocycles. The minimum absolute atomic E-state index is 0. The summed E-state index contributed by atoms with van der Waals surface area (Å²) in [5.74, 6) is 0.237. The molecule has 0 aliphatic rings. The van der Waals surface area contributed by atoms with Crippen molar-refractivity contribution in [1.29, 1.82) is 0 Å². The zero-order valence-electron chi connectivity index (χ0n) is 20.1. The molecule has 2 N–H and O–H groups in total. The van der Waals surface area contributed by atoms with Crippen molar-refractivity contribution in [3.63, 3.8) is 0 Å². The van der Waals surface area contributed by atoms with E-state index in [1.54, 1.807) is 39.2 Å². The second-order valence-electron chi connectivity index (χ2n) is 7.66. The maximum atomic E-state index is 13.1. The smallest absolute Gasteiger partial charge is 0.432 e. The first-order chi connectivity index (χ1) is 16.5. The Morgan fingerprint density at radius 1 is 0.972 bits per heavy atom. The van der Waals surface area contributed by atoms with Crippen LogP contribution in [0.1, 0.15) is 42.0 Å². The Morgan fingerprint density at radius 2 is 1.53 bits per heavy atom. The molecule has 0 unspecified atom stereocenters. The van der Waals surface area contributed by atoms with Gasteiger partial charge < -0.3 is 34.0 Å². The monoisotopic (exact) mass is 535 g/mol. The molecule has 0 fully saturated rings. The zero-order chi connectivity index (χ0) is 26.0. The van der Waals surface area contributed by atoms with Crippen molar-refractivity contribution in [3.8, 4) is 0 Å². The molecule has 36 heavy (non-hydrogen) atoms. The van der Waals surface area contributed by atoms with Crippen molar-refractivity contribution in [1.82, 2.24) is 19.5 Å². The van der Waals surface area contributed by atoms with Crippen LogP contribution in [0.25, 0.3) is 11.2 Å². The van der Waals surface area contributed by atoms with E-state index in [4.69, 9.17) is 38.5 Å². The van der Waals surface area contributed by atoms with Crippen LogP contribution in [-0.2, 0) is 43.8 Å². The lowest BCUT2D eigenvalue weighted by Crippen LogP contribution is -2.20. The summed E-state index contributed by atoms with van der Waals surface area (Å²) in [7, 11) is -4.06. The van der Waals surface area contributed by atoms with Gasteiger partial charge in [-0.15, -0.1) is 0 Å². The number of carbonyl (C=O) groups excluding carboxylic acids is 2. The lowest BCUT2D eigenvalue weighted by molar-refractivity contribution is -0.0369. The Labute approximate surface area is 209 Å². The van der Waals surface area contributed by atoms with Crippen LogP contribution in [0.15, 0.2) is 12.7 Å². The molecule has 2 aromatic heterocycles. The average molecular weight is 535 g/mol. The zero-order valence-corrected chi connectivity index (χ0v) is 21.0. The Balaban J connectivity index is 0.00000648. The van der Waals surface area contributed by atoms with Crippen LogP contribution >= 0.6 is 7.60 Å².